The van der Waals surface area contributed by atoms with Crippen molar-refractivity contribution in [3.63, 3.8) is 0 Å². The quantitative estimate of drug-likeness (QED) is 0.509. The summed E-state index contributed by atoms with van der Waals surface area (Å²) >= 11 is 0. The maximum Gasteiger partial charge on any atom is 0.387 e. The highest BCUT2D eigenvalue weighted by Gasteiger charge is 2.16. The Kier molecular flexibility index (Phi) is 9.27. The van der Waals surface area contributed by atoms with Crippen LogP contribution in [0.2, 0.25) is 0 Å². The van der Waals surface area contributed by atoms with Crippen LogP contribution in [0.1, 0.15) is 31.7 Å². The molecule has 1 aliphatic rings. The SMILES string of the molecule is CCOc1cc(CNC(=NC)N(C)CCC2CCOCC2)ccc1OC(F)F. The second-order valence-corrected chi connectivity index (χ2v) is 6.76. The first-order valence-electron chi connectivity index (χ1n) is 9.73. The van der Waals surface area contributed by atoms with Gasteiger partial charge in [-0.1, -0.05) is 6.07 Å². The van der Waals surface area contributed by atoms with Crippen molar-refractivity contribution in [1.82, 2.24) is 10.2 Å². The number of nitrogens with one attached hydrogen (secondary N) is 1. The average molecular weight is 399 g/mol. The fraction of sp³-hybridized carbons (Fsp3) is 0.650. The van der Waals surface area contributed by atoms with Crippen molar-refractivity contribution in [1.29, 1.82) is 0 Å². The minimum atomic E-state index is -2.88. The van der Waals surface area contributed by atoms with Gasteiger partial charge in [0.05, 0.1) is 6.61 Å². The second-order valence-electron chi connectivity index (χ2n) is 6.76. The highest BCUT2D eigenvalue weighted by molar-refractivity contribution is 5.79. The second kappa shape index (κ2) is 11.7. The molecule has 28 heavy (non-hydrogen) atoms. The van der Waals surface area contributed by atoms with Gasteiger partial charge in [0.2, 0.25) is 0 Å². The summed E-state index contributed by atoms with van der Waals surface area (Å²) < 4.78 is 40.4. The molecule has 6 nitrogen and oxygen atoms in total. The zero-order valence-electron chi connectivity index (χ0n) is 16.9. The van der Waals surface area contributed by atoms with Crippen LogP contribution in [0.3, 0.4) is 0 Å². The molecule has 0 radical (unpaired) electrons. The molecule has 158 valence electrons. The summed E-state index contributed by atoms with van der Waals surface area (Å²) in [6, 6.07) is 4.96. The Labute approximate surface area is 165 Å². The molecule has 1 aromatic rings. The lowest BCUT2D eigenvalue weighted by Crippen LogP contribution is -2.39. The largest absolute Gasteiger partial charge is 0.490 e. The van der Waals surface area contributed by atoms with Crippen LogP contribution in [0.5, 0.6) is 11.5 Å². The van der Waals surface area contributed by atoms with Crippen LogP contribution in [-0.4, -0.2) is 57.9 Å². The third kappa shape index (κ3) is 7.14. The van der Waals surface area contributed by atoms with E-state index in [2.05, 4.69) is 19.9 Å². The van der Waals surface area contributed by atoms with Gasteiger partial charge in [0, 0.05) is 40.4 Å². The maximum absolute atomic E-state index is 12.5. The zero-order chi connectivity index (χ0) is 20.4. The number of guanidine groups is 1. The first-order valence-corrected chi connectivity index (χ1v) is 9.73. The molecule has 1 aromatic carbocycles. The van der Waals surface area contributed by atoms with Crippen molar-refractivity contribution >= 4 is 5.96 Å². The fourth-order valence-corrected chi connectivity index (χ4v) is 3.21. The van der Waals surface area contributed by atoms with Crippen LogP contribution in [0.25, 0.3) is 0 Å². The van der Waals surface area contributed by atoms with E-state index >= 15 is 0 Å². The third-order valence-corrected chi connectivity index (χ3v) is 4.76. The molecule has 1 heterocycles. The molecule has 0 aromatic heterocycles. The van der Waals surface area contributed by atoms with Gasteiger partial charge in [-0.15, -0.1) is 0 Å². The van der Waals surface area contributed by atoms with Gasteiger partial charge in [-0.25, -0.2) is 0 Å². The monoisotopic (exact) mass is 399 g/mol. The number of benzene rings is 1. The van der Waals surface area contributed by atoms with Gasteiger partial charge >= 0.3 is 6.61 Å². The van der Waals surface area contributed by atoms with Crippen LogP contribution in [0.15, 0.2) is 23.2 Å². The Morgan fingerprint density at radius 2 is 2.07 bits per heavy atom. The lowest BCUT2D eigenvalue weighted by Gasteiger charge is -2.27. The predicted octanol–water partition coefficient (Wildman–Crippen LogP) is 3.51. The number of alkyl halides is 2. The van der Waals surface area contributed by atoms with Gasteiger partial charge in [0.15, 0.2) is 17.5 Å². The summed E-state index contributed by atoms with van der Waals surface area (Å²) in [5, 5.41) is 3.31. The van der Waals surface area contributed by atoms with Crippen LogP contribution < -0.4 is 14.8 Å². The molecule has 0 unspecified atom stereocenters. The van der Waals surface area contributed by atoms with E-state index in [0.717, 1.165) is 50.5 Å². The molecule has 0 aliphatic carbocycles. The molecular formula is C20H31F2N3O3. The van der Waals surface area contributed by atoms with E-state index in [-0.39, 0.29) is 5.75 Å². The van der Waals surface area contributed by atoms with E-state index in [1.165, 1.54) is 6.07 Å². The Hall–Kier alpha value is -2.09. The van der Waals surface area contributed by atoms with Gasteiger partial charge in [0.1, 0.15) is 0 Å². The van der Waals surface area contributed by atoms with Crippen LogP contribution in [-0.2, 0) is 11.3 Å². The normalized spacial score (nSPS) is 15.6. The van der Waals surface area contributed by atoms with E-state index < -0.39 is 6.61 Å². The first kappa shape index (κ1) is 22.2. The molecule has 1 fully saturated rings. The zero-order valence-corrected chi connectivity index (χ0v) is 16.9. The van der Waals surface area contributed by atoms with Crippen molar-refractivity contribution in [3.8, 4) is 11.5 Å². The van der Waals surface area contributed by atoms with Crippen molar-refractivity contribution in [2.75, 3.05) is 40.5 Å². The first-order chi connectivity index (χ1) is 13.5. The van der Waals surface area contributed by atoms with Crippen molar-refractivity contribution in [3.05, 3.63) is 23.8 Å². The molecule has 1 aliphatic heterocycles. The summed E-state index contributed by atoms with van der Waals surface area (Å²) in [5.74, 6) is 1.84. The fourth-order valence-electron chi connectivity index (χ4n) is 3.21. The summed E-state index contributed by atoms with van der Waals surface area (Å²) in [4.78, 5) is 6.44. The van der Waals surface area contributed by atoms with Crippen LogP contribution in [0.4, 0.5) is 8.78 Å². The molecule has 0 bridgehead atoms. The molecule has 1 N–H and O–H groups in total. The van der Waals surface area contributed by atoms with Crippen molar-refractivity contribution in [2.24, 2.45) is 10.9 Å². The highest BCUT2D eigenvalue weighted by atomic mass is 19.3. The molecule has 0 spiro atoms. The van der Waals surface area contributed by atoms with E-state index in [0.29, 0.717) is 24.8 Å². The van der Waals surface area contributed by atoms with Crippen LogP contribution >= 0.6 is 0 Å². The summed E-state index contributed by atoms with van der Waals surface area (Å²) in [6.07, 6.45) is 3.34. The minimum Gasteiger partial charge on any atom is -0.490 e. The van der Waals surface area contributed by atoms with Gasteiger partial charge in [-0.2, -0.15) is 8.78 Å². The highest BCUT2D eigenvalue weighted by Crippen LogP contribution is 2.30. The average Bonchev–Trinajstić information content (AvgIpc) is 2.69. The Balaban J connectivity index is 1.89. The molecule has 0 amide bonds. The van der Waals surface area contributed by atoms with Gasteiger partial charge in [0.25, 0.3) is 0 Å². The molecule has 0 atom stereocenters. The van der Waals surface area contributed by atoms with Crippen molar-refractivity contribution in [2.45, 2.75) is 39.3 Å². The summed E-state index contributed by atoms with van der Waals surface area (Å²) in [6.45, 7) is 2.41. The summed E-state index contributed by atoms with van der Waals surface area (Å²) in [5.41, 5.74) is 0.893. The standard InChI is InChI=1S/C20H31F2N3O3/c1-4-27-18-13-16(5-6-17(18)28-19(21)22)14-24-20(23-2)25(3)10-7-15-8-11-26-12-9-15/h5-6,13,15,19H,4,7-12,14H2,1-3H3,(H,23,24). The van der Waals surface area contributed by atoms with E-state index in [1.807, 2.05) is 7.05 Å². The Bertz CT molecular complexity index is 623. The molecule has 0 saturated carbocycles. The predicted molar refractivity (Wildman–Crippen MR) is 105 cm³/mol. The van der Waals surface area contributed by atoms with E-state index in [9.17, 15) is 8.78 Å². The topological polar surface area (TPSA) is 55.3 Å². The van der Waals surface area contributed by atoms with Gasteiger partial charge < -0.3 is 24.4 Å². The molecule has 8 heteroatoms. The third-order valence-electron chi connectivity index (χ3n) is 4.76. The van der Waals surface area contributed by atoms with Crippen molar-refractivity contribution < 1.29 is 23.0 Å². The summed E-state index contributed by atoms with van der Waals surface area (Å²) in [7, 11) is 3.76. The lowest BCUT2D eigenvalue weighted by molar-refractivity contribution is -0.0514. The lowest BCUT2D eigenvalue weighted by atomic mass is 9.96. The number of halogens is 2. The van der Waals surface area contributed by atoms with Gasteiger partial charge in [-0.05, 0) is 49.8 Å². The number of aliphatic imine (C=N–C) groups is 1. The molecule has 2 rings (SSSR count). The number of nitrogens with zero attached hydrogens (tertiary/aromatic N) is 2. The smallest absolute Gasteiger partial charge is 0.387 e. The number of hydrogen-bond acceptors (Lipinski definition) is 4. The van der Waals surface area contributed by atoms with E-state index in [4.69, 9.17) is 9.47 Å². The number of rotatable bonds is 9. The molecule has 1 saturated heterocycles. The number of hydrogen-bond donors (Lipinski definition) is 1. The maximum atomic E-state index is 12.5. The molecular weight excluding hydrogens is 368 g/mol. The number of ether oxygens (including phenoxy) is 3. The Morgan fingerprint density at radius 1 is 1.32 bits per heavy atom. The van der Waals surface area contributed by atoms with Gasteiger partial charge in [-0.3, -0.25) is 4.99 Å². The Morgan fingerprint density at radius 3 is 2.71 bits per heavy atom. The van der Waals surface area contributed by atoms with Crippen LogP contribution in [0, 0.1) is 5.92 Å². The minimum absolute atomic E-state index is 0.0403. The van der Waals surface area contributed by atoms with E-state index in [1.54, 1.807) is 26.1 Å².